The molecule has 4 heteroatoms. The predicted octanol–water partition coefficient (Wildman–Crippen LogP) is 13.0. The lowest BCUT2D eigenvalue weighted by atomic mass is 9.79. The van der Waals surface area contributed by atoms with Crippen LogP contribution in [0, 0.1) is 12.3 Å². The lowest BCUT2D eigenvalue weighted by molar-refractivity contribution is 0.308. The minimum atomic E-state index is -0.0745. The van der Waals surface area contributed by atoms with Gasteiger partial charge in [0.15, 0.2) is 5.82 Å². The molecule has 1 aromatic heterocycles. The maximum atomic E-state index is 6.56. The Kier molecular flexibility index (Phi) is 9.62. The van der Waals surface area contributed by atoms with Crippen LogP contribution in [-0.2, 0) is 11.2 Å². The number of rotatable bonds is 7. The largest absolute Gasteiger partial charge is 0.461 e. The molecular weight excluding hydrogens is 721 g/mol. The summed E-state index contributed by atoms with van der Waals surface area (Å²) in [5.41, 5.74) is 13.2. The Hall–Kier alpha value is -7.48. The number of aromatic nitrogens is 2. The van der Waals surface area contributed by atoms with Crippen LogP contribution in [0.15, 0.2) is 217 Å². The summed E-state index contributed by atoms with van der Waals surface area (Å²) >= 11 is 0. The van der Waals surface area contributed by atoms with Crippen molar-refractivity contribution >= 4 is 0 Å². The molecule has 4 aliphatic rings. The molecule has 2 aliphatic carbocycles. The molecule has 4 nitrogen and oxygen atoms in total. The van der Waals surface area contributed by atoms with Gasteiger partial charge in [-0.15, -0.1) is 6.42 Å². The van der Waals surface area contributed by atoms with Gasteiger partial charge in [-0.25, -0.2) is 9.97 Å². The van der Waals surface area contributed by atoms with E-state index in [2.05, 4.69) is 158 Å². The summed E-state index contributed by atoms with van der Waals surface area (Å²) in [5.74, 6) is 6.77. The predicted molar refractivity (Wildman–Crippen MR) is 238 cm³/mol. The van der Waals surface area contributed by atoms with Crippen molar-refractivity contribution in [1.29, 1.82) is 0 Å². The molecule has 0 saturated heterocycles. The summed E-state index contributed by atoms with van der Waals surface area (Å²) in [7, 11) is 0. The van der Waals surface area contributed by atoms with Crippen molar-refractivity contribution < 1.29 is 9.47 Å². The van der Waals surface area contributed by atoms with Crippen LogP contribution in [0.1, 0.15) is 41.6 Å². The Labute approximate surface area is 345 Å². The first-order valence-corrected chi connectivity index (χ1v) is 20.2. The molecule has 6 aromatic rings. The molecule has 0 amide bonds. The standard InChI is InChI=1S/C55H40N2O2/c1-2-15-44-34-45-20-10-5-11-26-50(45)58-51(44)31-29-46-36-49(57-55(56-46)38-18-8-4-9-19-38)47-25-14-27-53-54(47)48-35-43(28-30-52(48)59-53)42-24-13-23-41(33-42)40-22-12-21-39(32-40)37-16-6-3-7-17-37/h1,3-19,21-28,30-33,35-36,47,54H,20,29,34H2/b44-15-,51-31+. The third-order valence-corrected chi connectivity index (χ3v) is 11.4. The van der Waals surface area contributed by atoms with Gasteiger partial charge in [-0.1, -0.05) is 139 Å². The van der Waals surface area contributed by atoms with E-state index in [1.54, 1.807) is 0 Å². The fourth-order valence-corrected chi connectivity index (χ4v) is 8.47. The summed E-state index contributed by atoms with van der Waals surface area (Å²) in [6, 6.07) is 47.0. The second-order valence-electron chi connectivity index (χ2n) is 15.2. The van der Waals surface area contributed by atoms with Crippen molar-refractivity contribution in [2.24, 2.45) is 0 Å². The van der Waals surface area contributed by atoms with E-state index in [-0.39, 0.29) is 11.8 Å². The van der Waals surface area contributed by atoms with Gasteiger partial charge in [-0.3, -0.25) is 0 Å². The molecule has 0 N–H and O–H groups in total. The van der Waals surface area contributed by atoms with Gasteiger partial charge in [-0.2, -0.15) is 0 Å². The Balaban J connectivity index is 0.992. The van der Waals surface area contributed by atoms with Gasteiger partial charge < -0.3 is 9.47 Å². The maximum absolute atomic E-state index is 6.56. The summed E-state index contributed by atoms with van der Waals surface area (Å²) < 4.78 is 13.1. The van der Waals surface area contributed by atoms with E-state index in [1.165, 1.54) is 27.8 Å². The number of hydrogen-bond donors (Lipinski definition) is 0. The molecule has 0 radical (unpaired) electrons. The number of nitrogens with zero attached hydrogens (tertiary/aromatic N) is 2. The van der Waals surface area contributed by atoms with E-state index in [4.69, 9.17) is 25.9 Å². The van der Waals surface area contributed by atoms with Crippen LogP contribution in [0.2, 0.25) is 0 Å². The average Bonchev–Trinajstić information content (AvgIpc) is 3.52. The van der Waals surface area contributed by atoms with Crippen LogP contribution in [0.4, 0.5) is 0 Å². The third-order valence-electron chi connectivity index (χ3n) is 11.4. The number of hydrogen-bond acceptors (Lipinski definition) is 4. The van der Waals surface area contributed by atoms with E-state index in [1.807, 2.05) is 36.4 Å². The highest BCUT2D eigenvalue weighted by atomic mass is 16.5. The van der Waals surface area contributed by atoms with E-state index in [9.17, 15) is 0 Å². The zero-order valence-corrected chi connectivity index (χ0v) is 32.5. The first-order valence-electron chi connectivity index (χ1n) is 20.2. The van der Waals surface area contributed by atoms with E-state index >= 15 is 0 Å². The highest BCUT2D eigenvalue weighted by Crippen LogP contribution is 2.51. The molecule has 59 heavy (non-hydrogen) atoms. The second-order valence-corrected chi connectivity index (χ2v) is 15.2. The van der Waals surface area contributed by atoms with Crippen LogP contribution in [-0.4, -0.2) is 9.97 Å². The van der Waals surface area contributed by atoms with E-state index < -0.39 is 0 Å². The Bertz CT molecular complexity index is 2860. The number of fused-ring (bicyclic) bond motifs is 3. The van der Waals surface area contributed by atoms with Crippen molar-refractivity contribution in [2.75, 3.05) is 0 Å². The van der Waals surface area contributed by atoms with Crippen molar-refractivity contribution in [3.63, 3.8) is 0 Å². The molecule has 5 aromatic carbocycles. The highest BCUT2D eigenvalue weighted by Gasteiger charge is 2.38. The average molecular weight is 761 g/mol. The first-order chi connectivity index (χ1) is 29.2. The van der Waals surface area contributed by atoms with Crippen molar-refractivity contribution in [3.05, 3.63) is 234 Å². The lowest BCUT2D eigenvalue weighted by Crippen LogP contribution is -2.15. The molecule has 0 fully saturated rings. The molecule has 0 saturated carbocycles. The molecular formula is C55H40N2O2. The fourth-order valence-electron chi connectivity index (χ4n) is 8.47. The number of allylic oxidation sites excluding steroid dienone is 12. The van der Waals surface area contributed by atoms with Crippen molar-refractivity contribution in [1.82, 2.24) is 9.97 Å². The first kappa shape index (κ1) is 35.9. The Morgan fingerprint density at radius 3 is 2.12 bits per heavy atom. The zero-order valence-electron chi connectivity index (χ0n) is 32.5. The van der Waals surface area contributed by atoms with Crippen molar-refractivity contribution in [3.8, 4) is 62.9 Å². The lowest BCUT2D eigenvalue weighted by Gasteiger charge is -2.24. The SMILES string of the molecule is C#C/C=C1/CC2=C(C=CC=CC2)O/C1=C/Cc1cc(C2C=CC=C3Oc4ccc(-c5cccc(-c6cccc(-c7ccccc7)c6)c5)cc4C32)nc(-c2ccccc2)n1. The van der Waals surface area contributed by atoms with Gasteiger partial charge in [0.2, 0.25) is 0 Å². The number of benzene rings is 5. The molecule has 282 valence electrons. The minimum Gasteiger partial charge on any atom is -0.461 e. The summed E-state index contributed by atoms with van der Waals surface area (Å²) in [6.45, 7) is 0. The molecule has 10 rings (SSSR count). The molecule has 2 unspecified atom stereocenters. The van der Waals surface area contributed by atoms with Crippen LogP contribution in [0.25, 0.3) is 44.8 Å². The zero-order chi connectivity index (χ0) is 39.5. The van der Waals surface area contributed by atoms with Crippen LogP contribution < -0.4 is 4.74 Å². The summed E-state index contributed by atoms with van der Waals surface area (Å²) in [4.78, 5) is 10.4. The Morgan fingerprint density at radius 2 is 1.37 bits per heavy atom. The van der Waals surface area contributed by atoms with Gasteiger partial charge in [-0.05, 0) is 100 Å². The highest BCUT2D eigenvalue weighted by molar-refractivity contribution is 5.78. The monoisotopic (exact) mass is 760 g/mol. The number of ether oxygens (including phenoxy) is 2. The molecule has 3 heterocycles. The maximum Gasteiger partial charge on any atom is 0.159 e. The topological polar surface area (TPSA) is 44.2 Å². The second kappa shape index (κ2) is 15.8. The molecule has 2 aliphatic heterocycles. The fraction of sp³-hybridized carbons (Fsp3) is 0.0909. The molecule has 0 bridgehead atoms. The molecule has 2 atom stereocenters. The van der Waals surface area contributed by atoms with Crippen LogP contribution in [0.3, 0.4) is 0 Å². The van der Waals surface area contributed by atoms with Gasteiger partial charge in [0.25, 0.3) is 0 Å². The van der Waals surface area contributed by atoms with Gasteiger partial charge in [0, 0.05) is 41.2 Å². The third kappa shape index (κ3) is 7.31. The molecule has 0 spiro atoms. The van der Waals surface area contributed by atoms with Gasteiger partial charge in [0.05, 0.1) is 11.6 Å². The van der Waals surface area contributed by atoms with Gasteiger partial charge >= 0.3 is 0 Å². The normalized spacial score (nSPS) is 18.9. The number of terminal acetylenes is 1. The Morgan fingerprint density at radius 1 is 0.678 bits per heavy atom. The smallest absolute Gasteiger partial charge is 0.159 e. The van der Waals surface area contributed by atoms with Crippen LogP contribution in [0.5, 0.6) is 5.75 Å². The summed E-state index contributed by atoms with van der Waals surface area (Å²) in [5, 5.41) is 0. The van der Waals surface area contributed by atoms with E-state index in [0.717, 1.165) is 75.1 Å². The minimum absolute atomic E-state index is 0.0433. The van der Waals surface area contributed by atoms with Crippen LogP contribution >= 0.6 is 0 Å². The van der Waals surface area contributed by atoms with Gasteiger partial charge in [0.1, 0.15) is 23.0 Å². The summed E-state index contributed by atoms with van der Waals surface area (Å²) in [6.07, 6.45) is 26.5. The van der Waals surface area contributed by atoms with E-state index in [0.29, 0.717) is 12.2 Å². The quantitative estimate of drug-likeness (QED) is 0.152. The van der Waals surface area contributed by atoms with Crippen molar-refractivity contribution in [2.45, 2.75) is 31.1 Å².